The fourth-order valence-electron chi connectivity index (χ4n) is 3.19. The lowest BCUT2D eigenvalue weighted by atomic mass is 9.80. The Morgan fingerprint density at radius 3 is 2.57 bits per heavy atom. The van der Waals surface area contributed by atoms with E-state index in [0.29, 0.717) is 22.4 Å². The van der Waals surface area contributed by atoms with Crippen molar-refractivity contribution in [3.05, 3.63) is 64.7 Å². The molecule has 0 saturated carbocycles. The smallest absolute Gasteiger partial charge is 0.338 e. The molecule has 1 atom stereocenters. The predicted molar refractivity (Wildman–Crippen MR) is 113 cm³/mol. The van der Waals surface area contributed by atoms with Crippen LogP contribution in [0.25, 0.3) is 0 Å². The van der Waals surface area contributed by atoms with E-state index in [1.165, 1.54) is 0 Å². The lowest BCUT2D eigenvalue weighted by Crippen LogP contribution is -2.46. The van der Waals surface area contributed by atoms with Crippen molar-refractivity contribution in [3.63, 3.8) is 0 Å². The molecule has 0 fully saturated rings. The second-order valence-electron chi connectivity index (χ2n) is 8.38. The average Bonchev–Trinajstić information content (AvgIpc) is 3.07. The summed E-state index contributed by atoms with van der Waals surface area (Å²) in [5, 5.41) is 23.5. The summed E-state index contributed by atoms with van der Waals surface area (Å²) >= 11 is 0. The minimum atomic E-state index is -2.03. The zero-order valence-electron chi connectivity index (χ0n) is 17.3. The lowest BCUT2D eigenvalue weighted by molar-refractivity contribution is -0.131. The van der Waals surface area contributed by atoms with Gasteiger partial charge in [0.25, 0.3) is 5.91 Å². The molecule has 0 spiro atoms. The molecule has 156 valence electrons. The highest BCUT2D eigenvalue weighted by atomic mass is 16.5. The zero-order valence-corrected chi connectivity index (χ0v) is 17.3. The van der Waals surface area contributed by atoms with Crippen molar-refractivity contribution in [3.8, 4) is 11.8 Å². The van der Waals surface area contributed by atoms with Gasteiger partial charge < -0.3 is 20.3 Å². The van der Waals surface area contributed by atoms with Crippen molar-refractivity contribution >= 4 is 17.6 Å². The number of hydrogen-bond acceptors (Lipinski definition) is 5. The van der Waals surface area contributed by atoms with E-state index in [9.17, 15) is 19.8 Å². The second-order valence-corrected chi connectivity index (χ2v) is 8.38. The van der Waals surface area contributed by atoms with Crippen LogP contribution in [0.3, 0.4) is 0 Å². The molecule has 6 heteroatoms. The summed E-state index contributed by atoms with van der Waals surface area (Å²) in [4.78, 5) is 24.6. The number of nitrogens with one attached hydrogen (secondary N) is 1. The number of ether oxygens (including phenoxy) is 1. The molecule has 1 unspecified atom stereocenters. The van der Waals surface area contributed by atoms with Gasteiger partial charge in [-0.25, -0.2) is 4.79 Å². The molecular formula is C24H25NO5. The Balaban J connectivity index is 1.88. The number of cyclic esters (lactones) is 1. The molecule has 1 amide bonds. The number of aliphatic hydroxyl groups is 2. The molecule has 1 heterocycles. The highest BCUT2D eigenvalue weighted by Gasteiger charge is 2.40. The average molecular weight is 407 g/mol. The number of aryl methyl sites for hydroxylation is 1. The SMILES string of the molecule is Cc1ccc(C#CC(O)(CC(C)(C)CO)C(=O)Nc2ccc3c(c2)COC3=O)cc1. The Labute approximate surface area is 175 Å². The first-order valence-corrected chi connectivity index (χ1v) is 9.66. The lowest BCUT2D eigenvalue weighted by Gasteiger charge is -2.30. The third kappa shape index (κ3) is 4.88. The van der Waals surface area contributed by atoms with E-state index in [1.807, 2.05) is 31.2 Å². The van der Waals surface area contributed by atoms with Crippen LogP contribution >= 0.6 is 0 Å². The van der Waals surface area contributed by atoms with Crippen LogP contribution in [0.2, 0.25) is 0 Å². The van der Waals surface area contributed by atoms with Gasteiger partial charge >= 0.3 is 5.97 Å². The van der Waals surface area contributed by atoms with Crippen LogP contribution in [-0.2, 0) is 16.1 Å². The molecule has 30 heavy (non-hydrogen) atoms. The van der Waals surface area contributed by atoms with E-state index in [1.54, 1.807) is 32.0 Å². The highest BCUT2D eigenvalue weighted by molar-refractivity contribution is 6.00. The van der Waals surface area contributed by atoms with Crippen molar-refractivity contribution in [2.75, 3.05) is 11.9 Å². The van der Waals surface area contributed by atoms with Gasteiger partial charge in [-0.1, -0.05) is 43.4 Å². The largest absolute Gasteiger partial charge is 0.457 e. The van der Waals surface area contributed by atoms with Gasteiger partial charge in [0, 0.05) is 29.8 Å². The molecule has 3 N–H and O–H groups in total. The third-order valence-electron chi connectivity index (χ3n) is 4.95. The van der Waals surface area contributed by atoms with Gasteiger partial charge in [0.05, 0.1) is 5.56 Å². The molecule has 2 aromatic rings. The topological polar surface area (TPSA) is 95.9 Å². The number of esters is 1. The summed E-state index contributed by atoms with van der Waals surface area (Å²) < 4.78 is 4.98. The Bertz CT molecular complexity index is 1030. The number of aliphatic hydroxyl groups excluding tert-OH is 1. The molecule has 0 aromatic heterocycles. The van der Waals surface area contributed by atoms with Gasteiger partial charge in [-0.3, -0.25) is 4.79 Å². The number of carbonyl (C=O) groups is 2. The van der Waals surface area contributed by atoms with Crippen LogP contribution in [0.15, 0.2) is 42.5 Å². The Morgan fingerprint density at radius 2 is 1.90 bits per heavy atom. The first kappa shape index (κ1) is 21.6. The summed E-state index contributed by atoms with van der Waals surface area (Å²) in [5.41, 5.74) is 0.547. The Hall–Kier alpha value is -3.14. The zero-order chi connectivity index (χ0) is 21.9. The van der Waals surface area contributed by atoms with Gasteiger partial charge in [-0.2, -0.15) is 0 Å². The van der Waals surface area contributed by atoms with Crippen molar-refractivity contribution in [1.82, 2.24) is 0 Å². The second kappa shape index (κ2) is 8.31. The van der Waals surface area contributed by atoms with Crippen LogP contribution in [0.1, 0.15) is 47.3 Å². The Morgan fingerprint density at radius 1 is 1.20 bits per heavy atom. The highest BCUT2D eigenvalue weighted by Crippen LogP contribution is 2.29. The van der Waals surface area contributed by atoms with Crippen molar-refractivity contribution in [2.45, 2.75) is 39.4 Å². The van der Waals surface area contributed by atoms with Crippen molar-refractivity contribution in [1.29, 1.82) is 0 Å². The van der Waals surface area contributed by atoms with E-state index >= 15 is 0 Å². The van der Waals surface area contributed by atoms with Gasteiger partial charge in [0.2, 0.25) is 5.60 Å². The van der Waals surface area contributed by atoms with Crippen LogP contribution in [0.5, 0.6) is 0 Å². The number of fused-ring (bicyclic) bond motifs is 1. The quantitative estimate of drug-likeness (QED) is 0.523. The molecule has 0 saturated heterocycles. The number of benzene rings is 2. The summed E-state index contributed by atoms with van der Waals surface area (Å²) in [6.07, 6.45) is -0.0618. The minimum absolute atomic E-state index is 0.0618. The molecule has 2 aromatic carbocycles. The van der Waals surface area contributed by atoms with E-state index in [2.05, 4.69) is 17.2 Å². The maximum Gasteiger partial charge on any atom is 0.338 e. The fourth-order valence-corrected chi connectivity index (χ4v) is 3.19. The van der Waals surface area contributed by atoms with E-state index in [-0.39, 0.29) is 19.6 Å². The summed E-state index contributed by atoms with van der Waals surface area (Å²) in [6, 6.07) is 12.2. The van der Waals surface area contributed by atoms with E-state index in [4.69, 9.17) is 4.74 Å². The number of carbonyl (C=O) groups excluding carboxylic acids is 2. The first-order valence-electron chi connectivity index (χ1n) is 9.66. The molecule has 0 bridgehead atoms. The maximum atomic E-state index is 13.0. The minimum Gasteiger partial charge on any atom is -0.457 e. The number of anilines is 1. The van der Waals surface area contributed by atoms with E-state index in [0.717, 1.165) is 5.56 Å². The normalized spacial score (nSPS) is 14.8. The molecule has 3 rings (SSSR count). The van der Waals surface area contributed by atoms with Crippen LogP contribution in [0, 0.1) is 24.2 Å². The molecule has 1 aliphatic heterocycles. The fraction of sp³-hybridized carbons (Fsp3) is 0.333. The third-order valence-corrected chi connectivity index (χ3v) is 4.95. The standard InChI is InChI=1S/C24H25NO5/c1-16-4-6-17(7-5-16)10-11-24(29,14-23(2,3)15-26)22(28)25-19-8-9-20-18(12-19)13-30-21(20)27/h4-9,12,26,29H,13-15H2,1-3H3,(H,25,28). The van der Waals surface area contributed by atoms with Crippen molar-refractivity contribution in [2.24, 2.45) is 5.41 Å². The number of rotatable bonds is 5. The first-order chi connectivity index (χ1) is 14.1. The van der Waals surface area contributed by atoms with Gasteiger partial charge in [0.15, 0.2) is 0 Å². The molecular weight excluding hydrogens is 382 g/mol. The molecule has 6 nitrogen and oxygen atoms in total. The monoisotopic (exact) mass is 407 g/mol. The maximum absolute atomic E-state index is 13.0. The van der Waals surface area contributed by atoms with Crippen LogP contribution in [-0.4, -0.2) is 34.3 Å². The molecule has 1 aliphatic rings. The summed E-state index contributed by atoms with van der Waals surface area (Å²) in [6.45, 7) is 5.38. The van der Waals surface area contributed by atoms with Crippen LogP contribution < -0.4 is 5.32 Å². The molecule has 0 radical (unpaired) electrons. The Kier molecular flexibility index (Phi) is 5.97. The summed E-state index contributed by atoms with van der Waals surface area (Å²) in [5.74, 6) is 4.48. The van der Waals surface area contributed by atoms with Crippen LogP contribution in [0.4, 0.5) is 5.69 Å². The number of hydrogen-bond donors (Lipinski definition) is 3. The number of amides is 1. The molecule has 0 aliphatic carbocycles. The van der Waals surface area contributed by atoms with Gasteiger partial charge in [-0.05, 0) is 42.7 Å². The van der Waals surface area contributed by atoms with E-state index < -0.39 is 22.9 Å². The van der Waals surface area contributed by atoms with Gasteiger partial charge in [0.1, 0.15) is 6.61 Å². The predicted octanol–water partition coefficient (Wildman–Crippen LogP) is 2.80. The van der Waals surface area contributed by atoms with Gasteiger partial charge in [-0.15, -0.1) is 0 Å². The summed E-state index contributed by atoms with van der Waals surface area (Å²) in [7, 11) is 0. The van der Waals surface area contributed by atoms with Crippen molar-refractivity contribution < 1.29 is 24.5 Å².